The number of nitrogens with one attached hydrogen (secondary N) is 1. The van der Waals surface area contributed by atoms with E-state index < -0.39 is 0 Å². The first-order valence-corrected chi connectivity index (χ1v) is 9.89. The standard InChI is InChI=1S/C18H29N3O2S.CH4/c1-4-6-16(22)21-10-5-7-14(11-21)18-20-15(12-24-18)8-9-19-17(23)13(2)3;/h12-14H,4-11H2,1-3H3,(H,19,23);1H4. The van der Waals surface area contributed by atoms with Gasteiger partial charge in [0.05, 0.1) is 10.7 Å². The van der Waals surface area contributed by atoms with Crippen LogP contribution in [0.25, 0.3) is 0 Å². The Morgan fingerprint density at radius 1 is 1.44 bits per heavy atom. The maximum absolute atomic E-state index is 12.1. The van der Waals surface area contributed by atoms with Gasteiger partial charge in [-0.2, -0.15) is 0 Å². The highest BCUT2D eigenvalue weighted by Gasteiger charge is 2.26. The lowest BCUT2D eigenvalue weighted by molar-refractivity contribution is -0.132. The summed E-state index contributed by atoms with van der Waals surface area (Å²) < 4.78 is 0. The third-order valence-corrected chi connectivity index (χ3v) is 5.42. The van der Waals surface area contributed by atoms with E-state index in [0.717, 1.165) is 49.5 Å². The Morgan fingerprint density at radius 3 is 2.88 bits per heavy atom. The molecular weight excluding hydrogens is 334 g/mol. The van der Waals surface area contributed by atoms with Gasteiger partial charge < -0.3 is 10.2 Å². The average Bonchev–Trinajstić information content (AvgIpc) is 3.04. The number of aromatic nitrogens is 1. The van der Waals surface area contributed by atoms with Crippen LogP contribution in [0.3, 0.4) is 0 Å². The van der Waals surface area contributed by atoms with E-state index in [0.29, 0.717) is 18.9 Å². The van der Waals surface area contributed by atoms with Crippen LogP contribution in [0.15, 0.2) is 5.38 Å². The molecule has 2 rings (SSSR count). The highest BCUT2D eigenvalue weighted by molar-refractivity contribution is 7.09. The molecule has 1 aromatic heterocycles. The lowest BCUT2D eigenvalue weighted by Crippen LogP contribution is -2.38. The van der Waals surface area contributed by atoms with Crippen LogP contribution in [-0.2, 0) is 16.0 Å². The Hall–Kier alpha value is -1.43. The van der Waals surface area contributed by atoms with E-state index in [2.05, 4.69) is 10.7 Å². The number of amides is 2. The summed E-state index contributed by atoms with van der Waals surface area (Å²) in [5.41, 5.74) is 1.04. The first kappa shape index (κ1) is 21.6. The van der Waals surface area contributed by atoms with Gasteiger partial charge in [-0.15, -0.1) is 11.3 Å². The normalized spacial score (nSPS) is 17.3. The fourth-order valence-corrected chi connectivity index (χ4v) is 3.90. The minimum Gasteiger partial charge on any atom is -0.355 e. The van der Waals surface area contributed by atoms with Crippen molar-refractivity contribution in [3.8, 4) is 0 Å². The zero-order valence-corrected chi connectivity index (χ0v) is 15.8. The lowest BCUT2D eigenvalue weighted by Gasteiger charge is -2.31. The molecule has 0 aromatic carbocycles. The van der Waals surface area contributed by atoms with Gasteiger partial charge in [0.2, 0.25) is 11.8 Å². The van der Waals surface area contributed by atoms with E-state index in [1.807, 2.05) is 25.7 Å². The summed E-state index contributed by atoms with van der Waals surface area (Å²) in [5, 5.41) is 6.15. The fourth-order valence-electron chi connectivity index (χ4n) is 2.92. The molecule has 1 N–H and O–H groups in total. The molecule has 0 saturated carbocycles. The van der Waals surface area contributed by atoms with Gasteiger partial charge >= 0.3 is 0 Å². The SMILES string of the molecule is C.CCCC(=O)N1CCCC(c2nc(CCNC(=O)C(C)C)cs2)C1. The number of carbonyl (C=O) groups is 2. The van der Waals surface area contributed by atoms with Crippen LogP contribution in [0.5, 0.6) is 0 Å². The molecule has 0 aliphatic carbocycles. The molecule has 25 heavy (non-hydrogen) atoms. The maximum Gasteiger partial charge on any atom is 0.222 e. The molecule has 0 radical (unpaired) electrons. The number of rotatable bonds is 7. The molecule has 5 nitrogen and oxygen atoms in total. The third-order valence-electron chi connectivity index (χ3n) is 4.36. The minimum atomic E-state index is 0. The summed E-state index contributed by atoms with van der Waals surface area (Å²) in [7, 11) is 0. The van der Waals surface area contributed by atoms with E-state index >= 15 is 0 Å². The topological polar surface area (TPSA) is 62.3 Å². The molecule has 1 fully saturated rings. The van der Waals surface area contributed by atoms with Crippen molar-refractivity contribution in [3.05, 3.63) is 16.1 Å². The molecule has 0 spiro atoms. The second kappa shape index (κ2) is 10.5. The first-order chi connectivity index (χ1) is 11.5. The van der Waals surface area contributed by atoms with Crippen LogP contribution in [0.1, 0.15) is 70.5 Å². The van der Waals surface area contributed by atoms with Crippen molar-refractivity contribution in [1.82, 2.24) is 15.2 Å². The van der Waals surface area contributed by atoms with Gasteiger partial charge in [0.1, 0.15) is 0 Å². The Bertz CT molecular complexity index is 557. The number of carbonyl (C=O) groups excluding carboxylic acids is 2. The molecule has 6 heteroatoms. The molecule has 2 amide bonds. The van der Waals surface area contributed by atoms with Gasteiger partial charge in [-0.05, 0) is 19.3 Å². The monoisotopic (exact) mass is 367 g/mol. The van der Waals surface area contributed by atoms with Crippen molar-refractivity contribution >= 4 is 23.2 Å². The van der Waals surface area contributed by atoms with E-state index in [1.54, 1.807) is 11.3 Å². The number of hydrogen-bond acceptors (Lipinski definition) is 4. The smallest absolute Gasteiger partial charge is 0.222 e. The van der Waals surface area contributed by atoms with E-state index in [9.17, 15) is 9.59 Å². The maximum atomic E-state index is 12.1. The Kier molecular flexibility index (Phi) is 9.11. The van der Waals surface area contributed by atoms with Crippen LogP contribution in [0.2, 0.25) is 0 Å². The Morgan fingerprint density at radius 2 is 2.20 bits per heavy atom. The highest BCUT2D eigenvalue weighted by atomic mass is 32.1. The van der Waals surface area contributed by atoms with Gasteiger partial charge in [-0.25, -0.2) is 4.98 Å². The lowest BCUT2D eigenvalue weighted by atomic mass is 9.98. The number of thiazole rings is 1. The van der Waals surface area contributed by atoms with Crippen molar-refractivity contribution < 1.29 is 9.59 Å². The predicted molar refractivity (Wildman–Crippen MR) is 104 cm³/mol. The van der Waals surface area contributed by atoms with E-state index in [-0.39, 0.29) is 25.2 Å². The minimum absolute atomic E-state index is 0. The van der Waals surface area contributed by atoms with Crippen LogP contribution in [-0.4, -0.2) is 41.3 Å². The van der Waals surface area contributed by atoms with Crippen molar-refractivity contribution in [1.29, 1.82) is 0 Å². The summed E-state index contributed by atoms with van der Waals surface area (Å²) in [6, 6.07) is 0. The Balaban J connectivity index is 0.00000312. The number of hydrogen-bond donors (Lipinski definition) is 1. The summed E-state index contributed by atoms with van der Waals surface area (Å²) in [4.78, 5) is 30.4. The zero-order valence-electron chi connectivity index (χ0n) is 15.0. The number of likely N-dealkylation sites (tertiary alicyclic amines) is 1. The fraction of sp³-hybridized carbons (Fsp3) is 0.737. The van der Waals surface area contributed by atoms with E-state index in [4.69, 9.17) is 4.98 Å². The molecule has 142 valence electrons. The summed E-state index contributed by atoms with van der Waals surface area (Å²) in [5.74, 6) is 0.742. The molecule has 1 aromatic rings. The highest BCUT2D eigenvalue weighted by Crippen LogP contribution is 2.29. The molecule has 1 aliphatic rings. The van der Waals surface area contributed by atoms with Gasteiger partial charge in [0.25, 0.3) is 0 Å². The van der Waals surface area contributed by atoms with Crippen LogP contribution >= 0.6 is 11.3 Å². The van der Waals surface area contributed by atoms with Gasteiger partial charge in [-0.3, -0.25) is 9.59 Å². The quantitative estimate of drug-likeness (QED) is 0.801. The number of nitrogens with zero attached hydrogens (tertiary/aromatic N) is 2. The number of piperidine rings is 1. The molecular formula is C19H33N3O2S. The second-order valence-electron chi connectivity index (χ2n) is 6.80. The van der Waals surface area contributed by atoms with Crippen molar-refractivity contribution in [2.45, 2.75) is 66.2 Å². The first-order valence-electron chi connectivity index (χ1n) is 9.01. The van der Waals surface area contributed by atoms with Crippen LogP contribution in [0.4, 0.5) is 0 Å². The second-order valence-corrected chi connectivity index (χ2v) is 7.69. The largest absolute Gasteiger partial charge is 0.355 e. The average molecular weight is 368 g/mol. The third kappa shape index (κ3) is 6.42. The predicted octanol–water partition coefficient (Wildman–Crippen LogP) is 3.60. The summed E-state index contributed by atoms with van der Waals surface area (Å²) >= 11 is 1.69. The molecule has 1 saturated heterocycles. The van der Waals surface area contributed by atoms with Gasteiger partial charge in [0.15, 0.2) is 0 Å². The van der Waals surface area contributed by atoms with Crippen molar-refractivity contribution in [2.75, 3.05) is 19.6 Å². The molecule has 2 heterocycles. The summed E-state index contributed by atoms with van der Waals surface area (Å²) in [6.07, 6.45) is 4.47. The van der Waals surface area contributed by atoms with Crippen LogP contribution in [0, 0.1) is 5.92 Å². The van der Waals surface area contributed by atoms with Crippen LogP contribution < -0.4 is 5.32 Å². The van der Waals surface area contributed by atoms with Gasteiger partial charge in [-0.1, -0.05) is 28.2 Å². The Labute approximate surface area is 156 Å². The van der Waals surface area contributed by atoms with Crippen molar-refractivity contribution in [3.63, 3.8) is 0 Å². The van der Waals surface area contributed by atoms with Crippen molar-refractivity contribution in [2.24, 2.45) is 5.92 Å². The summed E-state index contributed by atoms with van der Waals surface area (Å²) in [6.45, 7) is 8.15. The molecule has 1 aliphatic heterocycles. The van der Waals surface area contributed by atoms with Gasteiger partial charge in [0, 0.05) is 49.7 Å². The molecule has 1 atom stereocenters. The molecule has 1 unspecified atom stereocenters. The zero-order chi connectivity index (χ0) is 17.5. The molecule has 0 bridgehead atoms. The van der Waals surface area contributed by atoms with E-state index in [1.165, 1.54) is 0 Å².